The maximum absolute atomic E-state index is 14.0. The van der Waals surface area contributed by atoms with Crippen molar-refractivity contribution in [3.05, 3.63) is 59.4 Å². The molecule has 0 aliphatic heterocycles. The van der Waals surface area contributed by atoms with Crippen molar-refractivity contribution < 1.29 is 30.4 Å². The Morgan fingerprint density at radius 1 is 1.22 bits per heavy atom. The highest BCUT2D eigenvalue weighted by atomic mass is 32.2. The molecule has 0 N–H and O–H groups in total. The predicted octanol–water partition coefficient (Wildman–Crippen LogP) is 3.55. The van der Waals surface area contributed by atoms with Gasteiger partial charge in [-0.05, 0) is 12.1 Å². The quantitative estimate of drug-likeness (QED) is 0.714. The number of benzene rings is 1. The fourth-order valence-corrected chi connectivity index (χ4v) is 4.06. The minimum Gasteiger partial charge on any atom is -0.262 e. The van der Waals surface area contributed by atoms with Gasteiger partial charge < -0.3 is 0 Å². The second-order valence-electron chi connectivity index (χ2n) is 5.34. The Hall–Kier alpha value is -2.58. The molecular formula is C16H12F5N3O2S. The number of sulfonamides is 1. The van der Waals surface area contributed by atoms with Gasteiger partial charge in [0.2, 0.25) is 10.0 Å². The van der Waals surface area contributed by atoms with E-state index in [9.17, 15) is 30.4 Å². The zero-order valence-electron chi connectivity index (χ0n) is 13.7. The van der Waals surface area contributed by atoms with Crippen LogP contribution in [0.5, 0.6) is 0 Å². The number of hydrogen-bond acceptors (Lipinski definition) is 4. The van der Waals surface area contributed by atoms with Gasteiger partial charge in [-0.3, -0.25) is 4.98 Å². The Labute approximate surface area is 151 Å². The summed E-state index contributed by atoms with van der Waals surface area (Å²) in [6.45, 7) is 0.472. The van der Waals surface area contributed by atoms with E-state index in [1.807, 2.05) is 0 Å². The molecule has 1 aromatic carbocycles. The molecule has 0 saturated heterocycles. The zero-order chi connectivity index (χ0) is 20.4. The largest absolute Gasteiger partial charge is 0.409 e. The molecule has 5 nitrogen and oxygen atoms in total. The monoisotopic (exact) mass is 405 g/mol. The Morgan fingerprint density at radius 3 is 2.41 bits per heavy atom. The minimum atomic E-state index is -5.19. The molecule has 0 spiro atoms. The lowest BCUT2D eigenvalue weighted by atomic mass is 10.1. The number of hydrogen-bond donors (Lipinski definition) is 0. The maximum Gasteiger partial charge on any atom is 0.409 e. The second kappa shape index (κ2) is 7.58. The van der Waals surface area contributed by atoms with Gasteiger partial charge >= 0.3 is 6.18 Å². The van der Waals surface area contributed by atoms with Crippen LogP contribution >= 0.6 is 0 Å². The lowest BCUT2D eigenvalue weighted by molar-refractivity contribution is -0.174. The maximum atomic E-state index is 14.0. The van der Waals surface area contributed by atoms with Gasteiger partial charge in [-0.15, -0.1) is 0 Å². The summed E-state index contributed by atoms with van der Waals surface area (Å²) in [4.78, 5) is 2.88. The van der Waals surface area contributed by atoms with E-state index in [0.717, 1.165) is 25.4 Å². The van der Waals surface area contributed by atoms with Crippen molar-refractivity contribution in [3.63, 3.8) is 0 Å². The Bertz CT molecular complexity index is 986. The molecule has 1 heterocycles. The Kier molecular flexibility index (Phi) is 5.82. The first-order chi connectivity index (χ1) is 12.5. The van der Waals surface area contributed by atoms with E-state index in [4.69, 9.17) is 5.26 Å². The van der Waals surface area contributed by atoms with Crippen molar-refractivity contribution in [3.8, 4) is 6.07 Å². The number of nitriles is 1. The first-order valence-corrected chi connectivity index (χ1v) is 8.85. The highest BCUT2D eigenvalue weighted by Gasteiger charge is 2.50. The average molecular weight is 405 g/mol. The van der Waals surface area contributed by atoms with Crippen molar-refractivity contribution >= 4 is 10.0 Å². The highest BCUT2D eigenvalue weighted by Crippen LogP contribution is 2.41. The van der Waals surface area contributed by atoms with Crippen molar-refractivity contribution in [2.45, 2.75) is 24.0 Å². The number of nitrogens with zero attached hydrogens (tertiary/aromatic N) is 3. The summed E-state index contributed by atoms with van der Waals surface area (Å²) >= 11 is 0. The fraction of sp³-hybridized carbons (Fsp3) is 0.250. The molecule has 0 unspecified atom stereocenters. The van der Waals surface area contributed by atoms with Crippen LogP contribution in [0.3, 0.4) is 0 Å². The van der Waals surface area contributed by atoms with E-state index in [-0.39, 0.29) is 15.9 Å². The summed E-state index contributed by atoms with van der Waals surface area (Å²) in [5.41, 5.74) is -1.22. The van der Waals surface area contributed by atoms with E-state index in [1.54, 1.807) is 6.07 Å². The van der Waals surface area contributed by atoms with Gasteiger partial charge in [-0.2, -0.15) is 22.7 Å². The van der Waals surface area contributed by atoms with Crippen LogP contribution in [0.2, 0.25) is 0 Å². The summed E-state index contributed by atoms with van der Waals surface area (Å²) < 4.78 is 93.7. The van der Waals surface area contributed by atoms with Crippen molar-refractivity contribution in [2.24, 2.45) is 0 Å². The van der Waals surface area contributed by atoms with E-state index in [0.29, 0.717) is 12.1 Å². The molecule has 1 aromatic heterocycles. The lowest BCUT2D eigenvalue weighted by Crippen LogP contribution is -2.42. The van der Waals surface area contributed by atoms with Crippen LogP contribution in [-0.4, -0.2) is 30.4 Å². The third-order valence-electron chi connectivity index (χ3n) is 3.62. The Balaban J connectivity index is 2.66. The summed E-state index contributed by atoms with van der Waals surface area (Å²) in [5.74, 6) is -2.64. The summed E-state index contributed by atoms with van der Waals surface area (Å²) in [6.07, 6.45) is -3.37. The molecular weight excluding hydrogens is 393 g/mol. The van der Waals surface area contributed by atoms with Crippen molar-refractivity contribution in [2.75, 3.05) is 6.54 Å². The molecule has 0 radical (unpaired) electrons. The summed E-state index contributed by atoms with van der Waals surface area (Å²) in [7, 11) is -4.80. The van der Waals surface area contributed by atoms with E-state index >= 15 is 0 Å². The number of halogens is 5. The molecule has 0 aliphatic carbocycles. The third kappa shape index (κ3) is 4.23. The van der Waals surface area contributed by atoms with Gasteiger partial charge in [0, 0.05) is 30.6 Å². The normalized spacial score (nSPS) is 13.4. The molecule has 1 atom stereocenters. The standard InChI is InChI=1S/C16H12F5N3O2S/c1-2-24(27(25,26)12-5-10(7-22)8-23-9-12)15(16(19,20)21)13-4-3-11(17)6-14(13)18/h3-6,8-9,15H,2H2,1H3/t15-/m0/s1. The first-order valence-electron chi connectivity index (χ1n) is 7.41. The zero-order valence-corrected chi connectivity index (χ0v) is 14.5. The van der Waals surface area contributed by atoms with Crippen LogP contribution in [0, 0.1) is 23.0 Å². The van der Waals surface area contributed by atoms with E-state index in [2.05, 4.69) is 4.98 Å². The number of pyridine rings is 1. The van der Waals surface area contributed by atoms with Crippen LogP contribution in [0.25, 0.3) is 0 Å². The average Bonchev–Trinajstić information content (AvgIpc) is 2.59. The topological polar surface area (TPSA) is 74.1 Å². The fourth-order valence-electron chi connectivity index (χ4n) is 2.47. The van der Waals surface area contributed by atoms with Crippen molar-refractivity contribution in [1.82, 2.24) is 9.29 Å². The predicted molar refractivity (Wildman–Crippen MR) is 83.7 cm³/mol. The molecule has 11 heteroatoms. The van der Waals surface area contributed by atoms with E-state index < -0.39 is 50.9 Å². The first kappa shape index (κ1) is 20.7. The number of aromatic nitrogens is 1. The van der Waals surface area contributed by atoms with Crippen LogP contribution in [0.1, 0.15) is 24.1 Å². The van der Waals surface area contributed by atoms with Gasteiger partial charge in [0.05, 0.1) is 5.56 Å². The van der Waals surface area contributed by atoms with Gasteiger partial charge in [0.25, 0.3) is 0 Å². The summed E-state index contributed by atoms with van der Waals surface area (Å²) in [6, 6.07) is 1.000. The molecule has 2 aromatic rings. The number of alkyl halides is 3. The molecule has 0 bridgehead atoms. The van der Waals surface area contributed by atoms with Crippen LogP contribution < -0.4 is 0 Å². The van der Waals surface area contributed by atoms with Crippen LogP contribution in [-0.2, 0) is 10.0 Å². The highest BCUT2D eigenvalue weighted by molar-refractivity contribution is 7.89. The van der Waals surface area contributed by atoms with Crippen molar-refractivity contribution in [1.29, 1.82) is 5.26 Å². The molecule has 0 amide bonds. The SMILES string of the molecule is CCN([C@@H](c1ccc(F)cc1F)C(F)(F)F)S(=O)(=O)c1cncc(C#N)c1. The third-order valence-corrected chi connectivity index (χ3v) is 5.52. The lowest BCUT2D eigenvalue weighted by Gasteiger charge is -2.31. The summed E-state index contributed by atoms with van der Waals surface area (Å²) in [5, 5.41) is 8.84. The molecule has 0 fully saturated rings. The minimum absolute atomic E-state index is 0.0293. The smallest absolute Gasteiger partial charge is 0.262 e. The van der Waals surface area contributed by atoms with Crippen LogP contribution in [0.15, 0.2) is 41.6 Å². The molecule has 144 valence electrons. The Morgan fingerprint density at radius 2 is 1.89 bits per heavy atom. The van der Waals surface area contributed by atoms with E-state index in [1.165, 1.54) is 0 Å². The second-order valence-corrected chi connectivity index (χ2v) is 7.23. The van der Waals surface area contributed by atoms with Gasteiger partial charge in [-0.25, -0.2) is 17.2 Å². The number of rotatable bonds is 5. The molecule has 0 saturated carbocycles. The van der Waals surface area contributed by atoms with Gasteiger partial charge in [0.1, 0.15) is 28.6 Å². The molecule has 27 heavy (non-hydrogen) atoms. The van der Waals surface area contributed by atoms with Gasteiger partial charge in [-0.1, -0.05) is 13.0 Å². The van der Waals surface area contributed by atoms with Crippen LogP contribution in [0.4, 0.5) is 22.0 Å². The van der Waals surface area contributed by atoms with Gasteiger partial charge in [0.15, 0.2) is 0 Å². The molecule has 0 aliphatic rings. The molecule has 2 rings (SSSR count).